The highest BCUT2D eigenvalue weighted by molar-refractivity contribution is 5.90. The lowest BCUT2D eigenvalue weighted by molar-refractivity contribution is 0.0600. The molecule has 2 rings (SSSR count). The van der Waals surface area contributed by atoms with E-state index in [0.717, 1.165) is 31.0 Å². The van der Waals surface area contributed by atoms with E-state index in [1.54, 1.807) is 19.2 Å². The predicted octanol–water partition coefficient (Wildman–Crippen LogP) is 0.962. The first-order chi connectivity index (χ1) is 10.1. The Bertz CT molecular complexity index is 543. The Kier molecular flexibility index (Phi) is 5.03. The molecule has 1 aliphatic heterocycles. The first-order valence-electron chi connectivity index (χ1n) is 6.94. The third-order valence-electron chi connectivity index (χ3n) is 3.30. The van der Waals surface area contributed by atoms with Crippen LogP contribution in [0.25, 0.3) is 0 Å². The van der Waals surface area contributed by atoms with Crippen LogP contribution in [0.2, 0.25) is 0 Å². The SMILES string of the molecule is COC(=O)c1ccc(CCNC2=NCC(C)N2)c(OC)c1. The van der Waals surface area contributed by atoms with Crippen molar-refractivity contribution in [2.24, 2.45) is 4.99 Å². The van der Waals surface area contributed by atoms with Gasteiger partial charge in [0.15, 0.2) is 5.96 Å². The molecule has 0 spiro atoms. The monoisotopic (exact) mass is 291 g/mol. The number of ether oxygens (including phenoxy) is 2. The van der Waals surface area contributed by atoms with Gasteiger partial charge in [0.1, 0.15) is 5.75 Å². The van der Waals surface area contributed by atoms with Gasteiger partial charge < -0.3 is 20.1 Å². The molecule has 0 fully saturated rings. The fourth-order valence-corrected chi connectivity index (χ4v) is 2.17. The summed E-state index contributed by atoms with van der Waals surface area (Å²) in [6.45, 7) is 3.64. The topological polar surface area (TPSA) is 72.0 Å². The number of carbonyl (C=O) groups is 1. The number of nitrogens with zero attached hydrogens (tertiary/aromatic N) is 1. The van der Waals surface area contributed by atoms with Crippen molar-refractivity contribution in [1.29, 1.82) is 0 Å². The van der Waals surface area contributed by atoms with E-state index in [4.69, 9.17) is 9.47 Å². The van der Waals surface area contributed by atoms with Crippen LogP contribution < -0.4 is 15.4 Å². The number of esters is 1. The third-order valence-corrected chi connectivity index (χ3v) is 3.30. The average molecular weight is 291 g/mol. The molecule has 0 saturated carbocycles. The number of methoxy groups -OCH3 is 2. The molecule has 6 heteroatoms. The van der Waals surface area contributed by atoms with Crippen molar-refractivity contribution in [3.8, 4) is 5.75 Å². The largest absolute Gasteiger partial charge is 0.496 e. The van der Waals surface area contributed by atoms with Crippen LogP contribution in [0.4, 0.5) is 0 Å². The zero-order chi connectivity index (χ0) is 15.2. The molecule has 0 amide bonds. The van der Waals surface area contributed by atoms with Crippen LogP contribution in [0.5, 0.6) is 5.75 Å². The molecule has 1 aromatic rings. The van der Waals surface area contributed by atoms with Gasteiger partial charge in [-0.2, -0.15) is 0 Å². The molecule has 1 aromatic carbocycles. The number of guanidine groups is 1. The van der Waals surface area contributed by atoms with Gasteiger partial charge in [0, 0.05) is 12.6 Å². The van der Waals surface area contributed by atoms with Crippen LogP contribution in [0.3, 0.4) is 0 Å². The van der Waals surface area contributed by atoms with Crippen molar-refractivity contribution >= 4 is 11.9 Å². The molecule has 1 unspecified atom stereocenters. The minimum absolute atomic E-state index is 0.364. The third kappa shape index (κ3) is 3.87. The number of carbonyl (C=O) groups excluding carboxylic acids is 1. The van der Waals surface area contributed by atoms with E-state index in [2.05, 4.69) is 22.5 Å². The Morgan fingerprint density at radius 1 is 1.48 bits per heavy atom. The number of rotatable bonds is 5. The molecule has 1 aliphatic rings. The zero-order valence-electron chi connectivity index (χ0n) is 12.6. The minimum Gasteiger partial charge on any atom is -0.496 e. The van der Waals surface area contributed by atoms with Gasteiger partial charge in [0.2, 0.25) is 0 Å². The Morgan fingerprint density at radius 3 is 2.90 bits per heavy atom. The number of benzene rings is 1. The van der Waals surface area contributed by atoms with Gasteiger partial charge in [-0.25, -0.2) is 4.79 Å². The summed E-state index contributed by atoms with van der Waals surface area (Å²) in [4.78, 5) is 15.8. The van der Waals surface area contributed by atoms with Gasteiger partial charge in [-0.1, -0.05) is 6.07 Å². The van der Waals surface area contributed by atoms with E-state index >= 15 is 0 Å². The van der Waals surface area contributed by atoms with Gasteiger partial charge >= 0.3 is 5.97 Å². The number of hydrogen-bond donors (Lipinski definition) is 2. The van der Waals surface area contributed by atoms with Crippen molar-refractivity contribution in [1.82, 2.24) is 10.6 Å². The Morgan fingerprint density at radius 2 is 2.29 bits per heavy atom. The Labute approximate surface area is 124 Å². The first-order valence-corrected chi connectivity index (χ1v) is 6.94. The second kappa shape index (κ2) is 6.97. The normalized spacial score (nSPS) is 16.9. The highest BCUT2D eigenvalue weighted by atomic mass is 16.5. The summed E-state index contributed by atoms with van der Waals surface area (Å²) >= 11 is 0. The van der Waals surface area contributed by atoms with Crippen molar-refractivity contribution in [3.05, 3.63) is 29.3 Å². The quantitative estimate of drug-likeness (QED) is 0.791. The van der Waals surface area contributed by atoms with Crippen molar-refractivity contribution in [2.75, 3.05) is 27.3 Å². The lowest BCUT2D eigenvalue weighted by Gasteiger charge is -2.12. The highest BCUT2D eigenvalue weighted by Gasteiger charge is 2.13. The summed E-state index contributed by atoms with van der Waals surface area (Å²) in [6.07, 6.45) is 0.777. The average Bonchev–Trinajstić information content (AvgIpc) is 2.92. The molecule has 2 N–H and O–H groups in total. The molecule has 0 bridgehead atoms. The highest BCUT2D eigenvalue weighted by Crippen LogP contribution is 2.21. The van der Waals surface area contributed by atoms with Gasteiger partial charge in [0.25, 0.3) is 0 Å². The lowest BCUT2D eigenvalue weighted by atomic mass is 10.1. The first kappa shape index (κ1) is 15.2. The predicted molar refractivity (Wildman–Crippen MR) is 80.9 cm³/mol. The molecule has 114 valence electrons. The summed E-state index contributed by atoms with van der Waals surface area (Å²) in [5.74, 6) is 1.17. The molecule has 0 saturated heterocycles. The van der Waals surface area contributed by atoms with Gasteiger partial charge in [-0.15, -0.1) is 0 Å². The van der Waals surface area contributed by atoms with E-state index in [1.807, 2.05) is 6.07 Å². The van der Waals surface area contributed by atoms with Crippen LogP contribution in [0.1, 0.15) is 22.8 Å². The molecule has 0 aliphatic carbocycles. The molecule has 0 aromatic heterocycles. The van der Waals surface area contributed by atoms with Gasteiger partial charge in [-0.3, -0.25) is 4.99 Å². The smallest absolute Gasteiger partial charge is 0.337 e. The molecular formula is C15H21N3O3. The lowest BCUT2D eigenvalue weighted by Crippen LogP contribution is -2.38. The molecular weight excluding hydrogens is 270 g/mol. The second-order valence-electron chi connectivity index (χ2n) is 4.93. The molecule has 0 radical (unpaired) electrons. The summed E-state index contributed by atoms with van der Waals surface area (Å²) in [5.41, 5.74) is 1.52. The molecule has 6 nitrogen and oxygen atoms in total. The fraction of sp³-hybridized carbons (Fsp3) is 0.467. The van der Waals surface area contributed by atoms with Crippen LogP contribution in [-0.4, -0.2) is 45.3 Å². The fourth-order valence-electron chi connectivity index (χ4n) is 2.17. The van der Waals surface area contributed by atoms with Gasteiger partial charge in [0.05, 0.1) is 26.3 Å². The van der Waals surface area contributed by atoms with E-state index in [1.165, 1.54) is 7.11 Å². The summed E-state index contributed by atoms with van der Waals surface area (Å²) in [6, 6.07) is 5.73. The molecule has 21 heavy (non-hydrogen) atoms. The number of nitrogens with one attached hydrogen (secondary N) is 2. The van der Waals surface area contributed by atoms with Crippen LogP contribution in [0, 0.1) is 0 Å². The van der Waals surface area contributed by atoms with Crippen molar-refractivity contribution in [2.45, 2.75) is 19.4 Å². The second-order valence-corrected chi connectivity index (χ2v) is 4.93. The maximum atomic E-state index is 11.5. The van der Waals surface area contributed by atoms with E-state index in [-0.39, 0.29) is 5.97 Å². The van der Waals surface area contributed by atoms with Crippen molar-refractivity contribution in [3.63, 3.8) is 0 Å². The van der Waals surface area contributed by atoms with Crippen LogP contribution in [0.15, 0.2) is 23.2 Å². The van der Waals surface area contributed by atoms with Gasteiger partial charge in [-0.05, 0) is 31.0 Å². The van der Waals surface area contributed by atoms with E-state index in [0.29, 0.717) is 17.4 Å². The maximum absolute atomic E-state index is 11.5. The minimum atomic E-state index is -0.364. The summed E-state index contributed by atoms with van der Waals surface area (Å²) in [7, 11) is 2.96. The van der Waals surface area contributed by atoms with E-state index < -0.39 is 0 Å². The summed E-state index contributed by atoms with van der Waals surface area (Å²) < 4.78 is 10.0. The standard InChI is InChI=1S/C15H21N3O3/c1-10-9-17-15(18-10)16-7-6-11-4-5-12(14(19)21-3)8-13(11)20-2/h4-5,8,10H,6-7,9H2,1-3H3,(H2,16,17,18). The number of hydrogen-bond acceptors (Lipinski definition) is 6. The molecule has 1 heterocycles. The molecule has 1 atom stereocenters. The van der Waals surface area contributed by atoms with Crippen LogP contribution in [-0.2, 0) is 11.2 Å². The Balaban J connectivity index is 1.95. The van der Waals surface area contributed by atoms with Crippen molar-refractivity contribution < 1.29 is 14.3 Å². The maximum Gasteiger partial charge on any atom is 0.337 e. The van der Waals surface area contributed by atoms with E-state index in [9.17, 15) is 4.79 Å². The summed E-state index contributed by atoms with van der Waals surface area (Å²) in [5, 5.41) is 6.50. The zero-order valence-corrected chi connectivity index (χ0v) is 12.6. The Hall–Kier alpha value is -2.24. The van der Waals surface area contributed by atoms with Crippen LogP contribution >= 0.6 is 0 Å². The number of aliphatic imine (C=N–C) groups is 1.